The fourth-order valence-electron chi connectivity index (χ4n) is 1.96. The van der Waals surface area contributed by atoms with Crippen LogP contribution in [0.3, 0.4) is 0 Å². The van der Waals surface area contributed by atoms with Crippen LogP contribution in [0.5, 0.6) is 0 Å². The lowest BCUT2D eigenvalue weighted by molar-refractivity contribution is -0.119. The maximum atomic E-state index is 13.3. The van der Waals surface area contributed by atoms with Crippen molar-refractivity contribution >= 4 is 27.7 Å². The summed E-state index contributed by atoms with van der Waals surface area (Å²) in [4.78, 5) is 24.2. The highest BCUT2D eigenvalue weighted by Gasteiger charge is 2.32. The summed E-state index contributed by atoms with van der Waals surface area (Å²) in [6, 6.07) is 4.27. The number of carbonyl (C=O) groups is 2. The van der Waals surface area contributed by atoms with Crippen molar-refractivity contribution in [3.8, 4) is 0 Å². The Hall–Kier alpha value is -1.43. The molecule has 0 spiro atoms. The van der Waals surface area contributed by atoms with E-state index < -0.39 is 5.82 Å². The highest BCUT2D eigenvalue weighted by Crippen LogP contribution is 2.23. The largest absolute Gasteiger partial charge is 0.370 e. The first-order valence-electron chi connectivity index (χ1n) is 5.50. The van der Waals surface area contributed by atoms with Crippen molar-refractivity contribution in [2.45, 2.75) is 6.42 Å². The molecule has 0 bridgehead atoms. The third-order valence-electron chi connectivity index (χ3n) is 2.90. The fourth-order valence-corrected chi connectivity index (χ4v) is 2.21. The van der Waals surface area contributed by atoms with Crippen molar-refractivity contribution < 1.29 is 14.0 Å². The van der Waals surface area contributed by atoms with Crippen LogP contribution in [-0.4, -0.2) is 29.8 Å². The molecule has 96 valence electrons. The van der Waals surface area contributed by atoms with E-state index in [9.17, 15) is 14.0 Å². The molecule has 2 N–H and O–H groups in total. The normalized spacial score (nSPS) is 15.3. The van der Waals surface area contributed by atoms with Gasteiger partial charge in [0.05, 0.1) is 4.47 Å². The summed E-state index contributed by atoms with van der Waals surface area (Å²) in [5, 5.41) is 0. The second kappa shape index (κ2) is 5.06. The monoisotopic (exact) mass is 314 g/mol. The molecule has 2 amide bonds. The number of hydrogen-bond acceptors (Lipinski definition) is 2. The van der Waals surface area contributed by atoms with Gasteiger partial charge in [-0.2, -0.15) is 0 Å². The molecule has 6 heteroatoms. The van der Waals surface area contributed by atoms with Crippen LogP contribution in [0.1, 0.15) is 16.8 Å². The molecule has 18 heavy (non-hydrogen) atoms. The van der Waals surface area contributed by atoms with Gasteiger partial charge in [0.15, 0.2) is 0 Å². The minimum absolute atomic E-state index is 0.131. The van der Waals surface area contributed by atoms with E-state index in [1.54, 1.807) is 11.0 Å². The topological polar surface area (TPSA) is 63.4 Å². The van der Waals surface area contributed by atoms with E-state index in [1.807, 2.05) is 0 Å². The predicted octanol–water partition coefficient (Wildman–Crippen LogP) is 1.54. The minimum Gasteiger partial charge on any atom is -0.370 e. The molecule has 0 saturated carbocycles. The van der Waals surface area contributed by atoms with E-state index in [-0.39, 0.29) is 17.7 Å². The van der Waals surface area contributed by atoms with Crippen molar-refractivity contribution in [2.75, 3.05) is 13.1 Å². The molecule has 0 aliphatic carbocycles. The molecule has 1 aromatic rings. The van der Waals surface area contributed by atoms with Crippen LogP contribution in [0.15, 0.2) is 22.7 Å². The number of likely N-dealkylation sites (tertiary alicyclic amines) is 1. The highest BCUT2D eigenvalue weighted by atomic mass is 79.9. The van der Waals surface area contributed by atoms with E-state index >= 15 is 0 Å². The van der Waals surface area contributed by atoms with Crippen LogP contribution in [0.4, 0.5) is 4.39 Å². The number of hydrogen-bond donors (Lipinski definition) is 1. The van der Waals surface area contributed by atoms with E-state index in [4.69, 9.17) is 5.73 Å². The van der Waals surface area contributed by atoms with Crippen molar-refractivity contribution in [3.63, 3.8) is 0 Å². The van der Waals surface area contributed by atoms with Crippen LogP contribution in [0.25, 0.3) is 0 Å². The zero-order valence-electron chi connectivity index (χ0n) is 9.53. The first-order chi connectivity index (χ1) is 8.47. The summed E-state index contributed by atoms with van der Waals surface area (Å²) in [6.07, 6.45) is 0.290. The fraction of sp³-hybridized carbons (Fsp3) is 0.333. The molecule has 0 atom stereocenters. The Morgan fingerprint density at radius 3 is 2.67 bits per heavy atom. The van der Waals surface area contributed by atoms with Gasteiger partial charge in [-0.3, -0.25) is 9.59 Å². The molecule has 4 nitrogen and oxygen atoms in total. The van der Waals surface area contributed by atoms with Gasteiger partial charge in [0, 0.05) is 31.0 Å². The summed E-state index contributed by atoms with van der Waals surface area (Å²) in [6.45, 7) is 0.999. The van der Waals surface area contributed by atoms with E-state index in [1.165, 1.54) is 12.1 Å². The Balaban J connectivity index is 1.97. The average molecular weight is 315 g/mol. The first-order valence-corrected chi connectivity index (χ1v) is 6.29. The van der Waals surface area contributed by atoms with E-state index in [2.05, 4.69) is 15.9 Å². The van der Waals surface area contributed by atoms with Gasteiger partial charge in [0.2, 0.25) is 5.91 Å². The van der Waals surface area contributed by atoms with E-state index in [0.717, 1.165) is 0 Å². The lowest BCUT2D eigenvalue weighted by Gasteiger charge is -2.38. The van der Waals surface area contributed by atoms with Gasteiger partial charge >= 0.3 is 0 Å². The van der Waals surface area contributed by atoms with E-state index in [0.29, 0.717) is 29.5 Å². The number of nitrogens with two attached hydrogens (primary N) is 1. The van der Waals surface area contributed by atoms with Crippen LogP contribution in [-0.2, 0) is 4.79 Å². The number of nitrogens with zero attached hydrogens (tertiary/aromatic N) is 1. The van der Waals surface area contributed by atoms with Gasteiger partial charge in [-0.05, 0) is 34.1 Å². The molecule has 0 aromatic heterocycles. The summed E-state index contributed by atoms with van der Waals surface area (Å²) >= 11 is 3.03. The van der Waals surface area contributed by atoms with Crippen molar-refractivity contribution in [3.05, 3.63) is 34.1 Å². The van der Waals surface area contributed by atoms with Gasteiger partial charge in [0.25, 0.3) is 5.91 Å². The molecule has 1 aliphatic rings. The quantitative estimate of drug-likeness (QED) is 0.919. The molecule has 1 saturated heterocycles. The molecular formula is C12H12BrFN2O2. The lowest BCUT2D eigenvalue weighted by Crippen LogP contribution is -2.51. The molecule has 1 aliphatic heterocycles. The Labute approximate surface area is 112 Å². The summed E-state index contributed by atoms with van der Waals surface area (Å²) in [7, 11) is 0. The Morgan fingerprint density at radius 1 is 1.44 bits per heavy atom. The molecule has 0 radical (unpaired) electrons. The maximum absolute atomic E-state index is 13.3. The zero-order valence-corrected chi connectivity index (χ0v) is 11.1. The smallest absolute Gasteiger partial charge is 0.253 e. The van der Waals surface area contributed by atoms with Gasteiger partial charge in [0.1, 0.15) is 5.82 Å². The van der Waals surface area contributed by atoms with Crippen molar-refractivity contribution in [1.29, 1.82) is 0 Å². The molecule has 1 fully saturated rings. The lowest BCUT2D eigenvalue weighted by atomic mass is 9.95. The third kappa shape index (κ3) is 2.69. The Morgan fingerprint density at radius 2 is 2.11 bits per heavy atom. The second-order valence-electron chi connectivity index (χ2n) is 4.38. The highest BCUT2D eigenvalue weighted by molar-refractivity contribution is 9.10. The first kappa shape index (κ1) is 13.0. The molecule has 2 rings (SSSR count). The number of rotatable bonds is 3. The molecule has 1 heterocycles. The number of benzene rings is 1. The number of carbonyl (C=O) groups excluding carboxylic acids is 2. The average Bonchev–Trinajstić information content (AvgIpc) is 2.25. The van der Waals surface area contributed by atoms with Gasteiger partial charge < -0.3 is 10.6 Å². The minimum atomic E-state index is -0.463. The Bertz CT molecular complexity index is 501. The standard InChI is InChI=1S/C12H12BrFN2O2/c13-9-2-1-8(4-10(9)14)12(18)16-5-7(6-16)3-11(15)17/h1-2,4,7H,3,5-6H2,(H2,15,17). The summed E-state index contributed by atoms with van der Waals surface area (Å²) in [5.74, 6) is -0.911. The van der Waals surface area contributed by atoms with Gasteiger partial charge in [-0.15, -0.1) is 0 Å². The second-order valence-corrected chi connectivity index (χ2v) is 5.23. The van der Waals surface area contributed by atoms with Crippen LogP contribution < -0.4 is 5.73 Å². The van der Waals surface area contributed by atoms with Crippen molar-refractivity contribution in [2.24, 2.45) is 11.7 Å². The zero-order chi connectivity index (χ0) is 13.3. The van der Waals surface area contributed by atoms with Crippen LogP contribution in [0.2, 0.25) is 0 Å². The van der Waals surface area contributed by atoms with Gasteiger partial charge in [-0.25, -0.2) is 4.39 Å². The predicted molar refractivity (Wildman–Crippen MR) is 67.3 cm³/mol. The van der Waals surface area contributed by atoms with Crippen LogP contribution >= 0.6 is 15.9 Å². The number of amides is 2. The van der Waals surface area contributed by atoms with Gasteiger partial charge in [-0.1, -0.05) is 0 Å². The number of halogens is 2. The summed E-state index contributed by atoms with van der Waals surface area (Å²) < 4.78 is 13.6. The molecule has 1 aromatic carbocycles. The molecular weight excluding hydrogens is 303 g/mol. The third-order valence-corrected chi connectivity index (χ3v) is 3.54. The maximum Gasteiger partial charge on any atom is 0.253 e. The SMILES string of the molecule is NC(=O)CC1CN(C(=O)c2ccc(Br)c(F)c2)C1. The summed E-state index contributed by atoms with van der Waals surface area (Å²) in [5.41, 5.74) is 5.39. The molecule has 0 unspecified atom stereocenters. The van der Waals surface area contributed by atoms with Crippen LogP contribution in [0, 0.1) is 11.7 Å². The van der Waals surface area contributed by atoms with Crippen molar-refractivity contribution in [1.82, 2.24) is 4.90 Å². The Kier molecular flexibility index (Phi) is 3.65. The number of primary amides is 1.